The lowest BCUT2D eigenvalue weighted by Gasteiger charge is -2.27. The summed E-state index contributed by atoms with van der Waals surface area (Å²) in [6.07, 6.45) is 0.932. The number of carboxylic acids is 1. The first-order valence-corrected chi connectivity index (χ1v) is 9.48. The SMILES string of the molecule is CNC(=O)C(CC(C)c1ccccc1)C(CC(C)c1ccccc1)C(=O)O. The van der Waals surface area contributed by atoms with E-state index >= 15 is 0 Å². The van der Waals surface area contributed by atoms with Crippen LogP contribution in [0, 0.1) is 11.8 Å². The molecule has 0 saturated heterocycles. The largest absolute Gasteiger partial charge is 0.481 e. The molecule has 144 valence electrons. The molecule has 1 amide bonds. The molecular weight excluding hydrogens is 338 g/mol. The minimum atomic E-state index is -0.911. The van der Waals surface area contributed by atoms with E-state index in [1.54, 1.807) is 7.05 Å². The number of hydrogen-bond acceptors (Lipinski definition) is 2. The third-order valence-electron chi connectivity index (χ3n) is 5.34. The lowest BCUT2D eigenvalue weighted by atomic mass is 9.77. The lowest BCUT2D eigenvalue weighted by Crippen LogP contribution is -2.37. The van der Waals surface area contributed by atoms with Gasteiger partial charge in [0.2, 0.25) is 5.91 Å². The molecule has 2 aromatic rings. The zero-order chi connectivity index (χ0) is 19.8. The van der Waals surface area contributed by atoms with E-state index in [1.165, 1.54) is 0 Å². The average Bonchev–Trinajstić information content (AvgIpc) is 2.70. The Kier molecular flexibility index (Phi) is 7.59. The van der Waals surface area contributed by atoms with Crippen molar-refractivity contribution >= 4 is 11.9 Å². The first kappa shape index (κ1) is 20.7. The van der Waals surface area contributed by atoms with Gasteiger partial charge in [-0.2, -0.15) is 0 Å². The molecule has 2 rings (SSSR count). The fraction of sp³-hybridized carbons (Fsp3) is 0.391. The Hall–Kier alpha value is -2.62. The molecule has 0 bridgehead atoms. The monoisotopic (exact) mass is 367 g/mol. The highest BCUT2D eigenvalue weighted by Gasteiger charge is 2.35. The molecular formula is C23H29NO3. The Morgan fingerprint density at radius 3 is 1.59 bits per heavy atom. The molecule has 0 aliphatic rings. The highest BCUT2D eigenvalue weighted by molar-refractivity contribution is 5.84. The molecule has 4 heteroatoms. The van der Waals surface area contributed by atoms with Crippen LogP contribution in [0.25, 0.3) is 0 Å². The number of hydrogen-bond donors (Lipinski definition) is 2. The van der Waals surface area contributed by atoms with E-state index < -0.39 is 17.8 Å². The number of carboxylic acid groups (broad SMARTS) is 1. The first-order chi connectivity index (χ1) is 12.9. The smallest absolute Gasteiger partial charge is 0.307 e. The summed E-state index contributed by atoms with van der Waals surface area (Å²) in [4.78, 5) is 24.6. The van der Waals surface area contributed by atoms with Gasteiger partial charge in [-0.15, -0.1) is 0 Å². The van der Waals surface area contributed by atoms with Gasteiger partial charge in [-0.05, 0) is 35.8 Å². The van der Waals surface area contributed by atoms with Gasteiger partial charge in [0.05, 0.1) is 11.8 Å². The summed E-state index contributed by atoms with van der Waals surface area (Å²) in [6.45, 7) is 4.07. The second-order valence-electron chi connectivity index (χ2n) is 7.26. The molecule has 0 spiro atoms. The van der Waals surface area contributed by atoms with E-state index in [4.69, 9.17) is 0 Å². The number of aliphatic carboxylic acids is 1. The Balaban J connectivity index is 2.22. The summed E-state index contributed by atoms with van der Waals surface area (Å²) < 4.78 is 0. The van der Waals surface area contributed by atoms with Gasteiger partial charge in [0, 0.05) is 7.05 Å². The van der Waals surface area contributed by atoms with E-state index in [0.717, 1.165) is 11.1 Å². The van der Waals surface area contributed by atoms with E-state index in [1.807, 2.05) is 74.5 Å². The lowest BCUT2D eigenvalue weighted by molar-refractivity contribution is -0.148. The van der Waals surface area contributed by atoms with Crippen molar-refractivity contribution in [2.24, 2.45) is 11.8 Å². The molecule has 2 N–H and O–H groups in total. The van der Waals surface area contributed by atoms with Gasteiger partial charge in [-0.25, -0.2) is 0 Å². The highest BCUT2D eigenvalue weighted by atomic mass is 16.4. The standard InChI is InChI=1S/C23H29NO3/c1-16(18-10-6-4-7-11-18)14-20(22(25)24-3)21(23(26)27)15-17(2)19-12-8-5-9-13-19/h4-13,16-17,20-21H,14-15H2,1-3H3,(H,24,25)(H,26,27). The van der Waals surface area contributed by atoms with Crippen LogP contribution in [0.5, 0.6) is 0 Å². The summed E-state index contributed by atoms with van der Waals surface area (Å²) in [6, 6.07) is 19.8. The third kappa shape index (κ3) is 5.68. The fourth-order valence-corrected chi connectivity index (χ4v) is 3.67. The molecule has 0 aromatic heterocycles. The van der Waals surface area contributed by atoms with Crippen molar-refractivity contribution in [3.8, 4) is 0 Å². The van der Waals surface area contributed by atoms with Crippen molar-refractivity contribution in [1.29, 1.82) is 0 Å². The molecule has 0 radical (unpaired) electrons. The molecule has 0 fully saturated rings. The topological polar surface area (TPSA) is 66.4 Å². The second kappa shape index (κ2) is 9.91. The van der Waals surface area contributed by atoms with Crippen LogP contribution >= 0.6 is 0 Å². The molecule has 0 saturated carbocycles. The maximum absolute atomic E-state index is 12.6. The van der Waals surface area contributed by atoms with Crippen LogP contribution in [0.1, 0.15) is 49.7 Å². The maximum Gasteiger partial charge on any atom is 0.307 e. The van der Waals surface area contributed by atoms with Crippen molar-refractivity contribution in [2.45, 2.75) is 38.5 Å². The fourth-order valence-electron chi connectivity index (χ4n) is 3.67. The molecule has 0 heterocycles. The van der Waals surface area contributed by atoms with Crippen LogP contribution in [-0.2, 0) is 9.59 Å². The predicted molar refractivity (Wildman–Crippen MR) is 108 cm³/mol. The summed E-state index contributed by atoms with van der Waals surface area (Å²) in [5.41, 5.74) is 2.21. The number of rotatable bonds is 9. The van der Waals surface area contributed by atoms with E-state index in [9.17, 15) is 14.7 Å². The van der Waals surface area contributed by atoms with Gasteiger partial charge < -0.3 is 10.4 Å². The molecule has 0 aliphatic carbocycles. The second-order valence-corrected chi connectivity index (χ2v) is 7.26. The van der Waals surface area contributed by atoms with Crippen LogP contribution in [0.15, 0.2) is 60.7 Å². The number of benzene rings is 2. The summed E-state index contributed by atoms with van der Waals surface area (Å²) in [7, 11) is 1.57. The van der Waals surface area contributed by atoms with Gasteiger partial charge in [-0.3, -0.25) is 9.59 Å². The summed E-state index contributed by atoms with van der Waals surface area (Å²) in [5, 5.41) is 12.6. The quantitative estimate of drug-likeness (QED) is 0.689. The molecule has 2 aromatic carbocycles. The Labute approximate surface area is 161 Å². The average molecular weight is 367 g/mol. The van der Waals surface area contributed by atoms with Crippen LogP contribution in [0.2, 0.25) is 0 Å². The minimum Gasteiger partial charge on any atom is -0.481 e. The third-order valence-corrected chi connectivity index (χ3v) is 5.34. The predicted octanol–water partition coefficient (Wildman–Crippen LogP) is 4.44. The van der Waals surface area contributed by atoms with Gasteiger partial charge in [0.15, 0.2) is 0 Å². The van der Waals surface area contributed by atoms with Crippen LogP contribution in [0.4, 0.5) is 0 Å². The molecule has 27 heavy (non-hydrogen) atoms. The van der Waals surface area contributed by atoms with Crippen LogP contribution in [-0.4, -0.2) is 24.0 Å². The van der Waals surface area contributed by atoms with E-state index in [2.05, 4.69) is 5.32 Å². The van der Waals surface area contributed by atoms with Crippen molar-refractivity contribution in [3.63, 3.8) is 0 Å². The molecule has 4 unspecified atom stereocenters. The number of nitrogens with one attached hydrogen (secondary N) is 1. The zero-order valence-corrected chi connectivity index (χ0v) is 16.3. The van der Waals surface area contributed by atoms with Crippen molar-refractivity contribution in [2.75, 3.05) is 7.05 Å². The Morgan fingerprint density at radius 2 is 1.22 bits per heavy atom. The molecule has 4 nitrogen and oxygen atoms in total. The van der Waals surface area contributed by atoms with Gasteiger partial charge in [0.25, 0.3) is 0 Å². The van der Waals surface area contributed by atoms with Crippen molar-refractivity contribution in [3.05, 3.63) is 71.8 Å². The molecule has 4 atom stereocenters. The number of amides is 1. The van der Waals surface area contributed by atoms with Crippen LogP contribution < -0.4 is 5.32 Å². The zero-order valence-electron chi connectivity index (χ0n) is 16.3. The first-order valence-electron chi connectivity index (χ1n) is 9.48. The highest BCUT2D eigenvalue weighted by Crippen LogP contribution is 2.34. The van der Waals surface area contributed by atoms with Crippen molar-refractivity contribution < 1.29 is 14.7 Å². The Morgan fingerprint density at radius 1 is 0.815 bits per heavy atom. The maximum atomic E-state index is 12.6. The minimum absolute atomic E-state index is 0.0616. The van der Waals surface area contributed by atoms with Crippen LogP contribution in [0.3, 0.4) is 0 Å². The van der Waals surface area contributed by atoms with Gasteiger partial charge >= 0.3 is 5.97 Å². The number of carbonyl (C=O) groups excluding carboxylic acids is 1. The van der Waals surface area contributed by atoms with Crippen molar-refractivity contribution in [1.82, 2.24) is 5.32 Å². The van der Waals surface area contributed by atoms with E-state index in [-0.39, 0.29) is 17.7 Å². The summed E-state index contributed by atoms with van der Waals surface area (Å²) >= 11 is 0. The Bertz CT molecular complexity index is 730. The molecule has 0 aliphatic heterocycles. The van der Waals surface area contributed by atoms with Gasteiger partial charge in [0.1, 0.15) is 0 Å². The van der Waals surface area contributed by atoms with E-state index in [0.29, 0.717) is 12.8 Å². The van der Waals surface area contributed by atoms with Gasteiger partial charge in [-0.1, -0.05) is 74.5 Å². The normalized spacial score (nSPS) is 15.4. The summed E-state index contributed by atoms with van der Waals surface area (Å²) in [5.74, 6) is -2.26. The number of carbonyl (C=O) groups is 2.